The predicted octanol–water partition coefficient (Wildman–Crippen LogP) is 1.01. The number of halogens is 2. The summed E-state index contributed by atoms with van der Waals surface area (Å²) >= 11 is 10.4. The molecule has 0 radical (unpaired) electrons. The fourth-order valence-corrected chi connectivity index (χ4v) is 1.71. The molecule has 0 aromatic carbocycles. The summed E-state index contributed by atoms with van der Waals surface area (Å²) in [6.07, 6.45) is 2.42. The van der Waals surface area contributed by atoms with Crippen LogP contribution in [0, 0.1) is 0 Å². The molecule has 0 N–H and O–H groups in total. The largest absolute Gasteiger partial charge is 0.245 e. The van der Waals surface area contributed by atoms with Gasteiger partial charge in [0, 0.05) is 6.20 Å². The first-order valence-electron chi connectivity index (χ1n) is 2.83. The second-order valence-corrected chi connectivity index (χ2v) is 5.45. The van der Waals surface area contributed by atoms with Gasteiger partial charge in [0.2, 0.25) is 14.0 Å². The Morgan fingerprint density at radius 2 is 2.08 bits per heavy atom. The molecule has 0 aliphatic rings. The summed E-state index contributed by atoms with van der Waals surface area (Å²) in [6.45, 7) is 0. The summed E-state index contributed by atoms with van der Waals surface area (Å²) in [5, 5.41) is -0.174. The van der Waals surface area contributed by atoms with E-state index in [9.17, 15) is 8.42 Å². The molecule has 1 aromatic rings. The molecule has 0 spiro atoms. The second kappa shape index (κ2) is 3.55. The van der Waals surface area contributed by atoms with E-state index in [0.717, 1.165) is 6.33 Å². The number of aromatic nitrogens is 2. The highest BCUT2D eigenvalue weighted by atomic mass is 35.5. The van der Waals surface area contributed by atoms with Crippen LogP contribution in [0.4, 0.5) is 0 Å². The van der Waals surface area contributed by atoms with Crippen LogP contribution in [0.3, 0.4) is 0 Å². The predicted molar refractivity (Wildman–Crippen MR) is 44.7 cm³/mol. The van der Waals surface area contributed by atoms with Crippen molar-refractivity contribution in [2.24, 2.45) is 0 Å². The first-order chi connectivity index (χ1) is 5.55. The summed E-state index contributed by atoms with van der Waals surface area (Å²) in [4.78, 5) is 7.06. The molecule has 0 amide bonds. The first-order valence-corrected chi connectivity index (χ1v) is 5.25. The van der Waals surface area contributed by atoms with Crippen molar-refractivity contribution < 1.29 is 8.42 Å². The van der Waals surface area contributed by atoms with E-state index in [2.05, 4.69) is 9.97 Å². The molecular weight excluding hydrogens is 223 g/mol. The van der Waals surface area contributed by atoms with Crippen molar-refractivity contribution in [2.45, 2.75) is 9.19 Å². The van der Waals surface area contributed by atoms with Crippen molar-refractivity contribution in [3.63, 3.8) is 0 Å². The van der Waals surface area contributed by atoms with Crippen LogP contribution in [0.15, 0.2) is 23.6 Å². The first kappa shape index (κ1) is 9.70. The van der Waals surface area contributed by atoms with Crippen molar-refractivity contribution in [3.05, 3.63) is 18.6 Å². The molecule has 0 aliphatic heterocycles. The summed E-state index contributed by atoms with van der Waals surface area (Å²) in [5.74, 6) is 0. The van der Waals surface area contributed by atoms with Crippen molar-refractivity contribution >= 4 is 33.0 Å². The number of hydrogen-bond donors (Lipinski definition) is 0. The van der Waals surface area contributed by atoms with Crippen molar-refractivity contribution in [3.8, 4) is 0 Å². The lowest BCUT2D eigenvalue weighted by Gasteiger charge is -2.01. The van der Waals surface area contributed by atoms with E-state index in [1.807, 2.05) is 0 Å². The Morgan fingerprint density at radius 1 is 1.42 bits per heavy atom. The summed E-state index contributed by atoms with van der Waals surface area (Å²) in [6, 6.07) is 1.23. The van der Waals surface area contributed by atoms with Gasteiger partial charge in [0.15, 0.2) is 5.03 Å². The molecular formula is C5H4Cl2N2O2S. The zero-order valence-electron chi connectivity index (χ0n) is 5.68. The lowest BCUT2D eigenvalue weighted by molar-refractivity contribution is 0.594. The van der Waals surface area contributed by atoms with Crippen molar-refractivity contribution in [1.82, 2.24) is 9.97 Å². The van der Waals surface area contributed by atoms with Gasteiger partial charge in [-0.25, -0.2) is 18.4 Å². The number of sulfone groups is 1. The monoisotopic (exact) mass is 226 g/mol. The van der Waals surface area contributed by atoms with Gasteiger partial charge < -0.3 is 0 Å². The van der Waals surface area contributed by atoms with Crippen LogP contribution in [-0.2, 0) is 9.84 Å². The van der Waals surface area contributed by atoms with Gasteiger partial charge in [-0.1, -0.05) is 23.2 Å². The van der Waals surface area contributed by atoms with E-state index >= 15 is 0 Å². The van der Waals surface area contributed by atoms with Gasteiger partial charge in [-0.2, -0.15) is 0 Å². The number of hydrogen-bond acceptors (Lipinski definition) is 4. The maximum Gasteiger partial charge on any atom is 0.226 e. The lowest BCUT2D eigenvalue weighted by atomic mass is 10.7. The minimum absolute atomic E-state index is 0.174. The van der Waals surface area contributed by atoms with Gasteiger partial charge in [0.1, 0.15) is 6.33 Å². The molecule has 0 atom stereocenters. The van der Waals surface area contributed by atoms with Crippen molar-refractivity contribution in [1.29, 1.82) is 0 Å². The fraction of sp³-hybridized carbons (Fsp3) is 0.200. The Bertz CT molecular complexity index is 351. The molecule has 12 heavy (non-hydrogen) atoms. The van der Waals surface area contributed by atoms with E-state index in [1.54, 1.807) is 0 Å². The highest BCUT2D eigenvalue weighted by Crippen LogP contribution is 2.18. The molecule has 0 fully saturated rings. The van der Waals surface area contributed by atoms with Crippen LogP contribution in [0.2, 0.25) is 0 Å². The van der Waals surface area contributed by atoms with Gasteiger partial charge in [0.25, 0.3) is 0 Å². The van der Waals surface area contributed by atoms with Gasteiger partial charge >= 0.3 is 0 Å². The Kier molecular flexibility index (Phi) is 2.87. The molecule has 0 aliphatic carbocycles. The smallest absolute Gasteiger partial charge is 0.226 e. The Morgan fingerprint density at radius 3 is 2.50 bits per heavy atom. The van der Waals surface area contributed by atoms with Gasteiger partial charge in [0.05, 0.1) is 0 Å². The van der Waals surface area contributed by atoms with E-state index in [4.69, 9.17) is 23.2 Å². The van der Waals surface area contributed by atoms with Gasteiger partial charge in [-0.15, -0.1) is 0 Å². The minimum Gasteiger partial charge on any atom is -0.245 e. The normalized spacial score (nSPS) is 11.9. The molecule has 1 aromatic heterocycles. The van der Waals surface area contributed by atoms with Crippen LogP contribution < -0.4 is 0 Å². The highest BCUT2D eigenvalue weighted by molar-refractivity contribution is 7.94. The molecule has 0 unspecified atom stereocenters. The van der Waals surface area contributed by atoms with E-state index < -0.39 is 14.0 Å². The average molecular weight is 227 g/mol. The van der Waals surface area contributed by atoms with Crippen LogP contribution in [-0.4, -0.2) is 22.6 Å². The summed E-state index contributed by atoms with van der Waals surface area (Å²) in [7, 11) is -3.70. The summed E-state index contributed by atoms with van der Waals surface area (Å²) < 4.78 is 20.9. The fourth-order valence-electron chi connectivity index (χ4n) is 0.538. The third kappa shape index (κ3) is 1.85. The molecule has 0 bridgehead atoms. The highest BCUT2D eigenvalue weighted by Gasteiger charge is 2.23. The zero-order valence-corrected chi connectivity index (χ0v) is 8.01. The summed E-state index contributed by atoms with van der Waals surface area (Å²) in [5.41, 5.74) is 0. The van der Waals surface area contributed by atoms with Crippen LogP contribution in [0.25, 0.3) is 0 Å². The van der Waals surface area contributed by atoms with Gasteiger partial charge in [-0.05, 0) is 6.07 Å². The zero-order chi connectivity index (χ0) is 9.19. The third-order valence-electron chi connectivity index (χ3n) is 1.08. The van der Waals surface area contributed by atoms with E-state index in [-0.39, 0.29) is 5.03 Å². The average Bonchev–Trinajstić information content (AvgIpc) is 2.06. The lowest BCUT2D eigenvalue weighted by Crippen LogP contribution is -2.11. The molecule has 7 heteroatoms. The number of alkyl halides is 2. The van der Waals surface area contributed by atoms with Crippen LogP contribution >= 0.6 is 23.2 Å². The Labute approximate surface area is 79.5 Å². The Balaban J connectivity index is 3.17. The van der Waals surface area contributed by atoms with Gasteiger partial charge in [-0.3, -0.25) is 0 Å². The molecule has 1 rings (SSSR count). The minimum atomic E-state index is -3.70. The molecule has 4 nitrogen and oxygen atoms in total. The molecule has 0 saturated carbocycles. The SMILES string of the molecule is O=S(=O)(c1ccncn1)C(Cl)Cl. The van der Waals surface area contributed by atoms with E-state index in [1.165, 1.54) is 12.3 Å². The maximum atomic E-state index is 11.2. The number of rotatable bonds is 2. The second-order valence-electron chi connectivity index (χ2n) is 1.85. The topological polar surface area (TPSA) is 59.9 Å². The quantitative estimate of drug-likeness (QED) is 0.558. The molecule has 1 heterocycles. The third-order valence-corrected chi connectivity index (χ3v) is 3.78. The van der Waals surface area contributed by atoms with Crippen LogP contribution in [0.5, 0.6) is 0 Å². The number of nitrogens with zero attached hydrogens (tertiary/aromatic N) is 2. The maximum absolute atomic E-state index is 11.2. The van der Waals surface area contributed by atoms with E-state index in [0.29, 0.717) is 0 Å². The standard InChI is InChI=1S/C5H4Cl2N2O2S/c6-5(7)12(10,11)4-1-2-8-3-9-4/h1-3,5H. The van der Waals surface area contributed by atoms with Crippen LogP contribution in [0.1, 0.15) is 0 Å². The Hall–Kier alpha value is -0.390. The van der Waals surface area contributed by atoms with Crippen molar-refractivity contribution in [2.75, 3.05) is 0 Å². The molecule has 66 valence electrons. The molecule has 0 saturated heterocycles.